The van der Waals surface area contributed by atoms with Crippen molar-refractivity contribution in [3.8, 4) is 0 Å². The van der Waals surface area contributed by atoms with E-state index in [0.717, 1.165) is 13.0 Å². The molecule has 0 aliphatic carbocycles. The fourth-order valence-corrected chi connectivity index (χ4v) is 2.10. The largest absolute Gasteiger partial charge is 0.380 e. The average molecular weight is 241 g/mol. The van der Waals surface area contributed by atoms with E-state index < -0.39 is 0 Å². The quantitative estimate of drug-likeness (QED) is 0.878. The summed E-state index contributed by atoms with van der Waals surface area (Å²) < 4.78 is 32.4. The number of aryl methyl sites for hydroxylation is 1. The number of halogens is 2. The Morgan fingerprint density at radius 1 is 1.35 bits per heavy atom. The topological polar surface area (TPSA) is 21.3 Å². The molecule has 0 bridgehead atoms. The molecule has 2 unspecified atom stereocenters. The van der Waals surface area contributed by atoms with Gasteiger partial charge in [0.2, 0.25) is 0 Å². The molecule has 1 saturated heterocycles. The van der Waals surface area contributed by atoms with Gasteiger partial charge in [0.05, 0.1) is 6.61 Å². The van der Waals surface area contributed by atoms with Crippen molar-refractivity contribution in [1.82, 2.24) is 5.32 Å². The van der Waals surface area contributed by atoms with Gasteiger partial charge in [-0.2, -0.15) is 0 Å². The SMILES string of the molecule is Cc1cc(F)c(C(C)NC2CCOC2)cc1F. The predicted octanol–water partition coefficient (Wildman–Crippen LogP) is 2.71. The van der Waals surface area contributed by atoms with E-state index in [1.54, 1.807) is 6.92 Å². The Morgan fingerprint density at radius 3 is 2.76 bits per heavy atom. The molecule has 0 saturated carbocycles. The van der Waals surface area contributed by atoms with Gasteiger partial charge in [-0.05, 0) is 38.0 Å². The van der Waals surface area contributed by atoms with Gasteiger partial charge in [0.15, 0.2) is 0 Å². The molecule has 1 aliphatic rings. The lowest BCUT2D eigenvalue weighted by atomic mass is 10.0. The highest BCUT2D eigenvalue weighted by atomic mass is 19.1. The summed E-state index contributed by atoms with van der Waals surface area (Å²) in [4.78, 5) is 0. The van der Waals surface area contributed by atoms with Crippen molar-refractivity contribution in [1.29, 1.82) is 0 Å². The Labute approximate surface area is 100.0 Å². The molecular formula is C13H17F2NO. The van der Waals surface area contributed by atoms with Crippen LogP contribution in [-0.2, 0) is 4.74 Å². The second kappa shape index (κ2) is 5.10. The van der Waals surface area contributed by atoms with E-state index in [1.807, 2.05) is 6.92 Å². The minimum absolute atomic E-state index is 0.211. The van der Waals surface area contributed by atoms with E-state index in [1.165, 1.54) is 12.1 Å². The maximum Gasteiger partial charge on any atom is 0.128 e. The second-order valence-corrected chi connectivity index (χ2v) is 4.57. The van der Waals surface area contributed by atoms with Gasteiger partial charge < -0.3 is 10.1 Å². The van der Waals surface area contributed by atoms with Gasteiger partial charge in [0.25, 0.3) is 0 Å². The number of hydrogen-bond acceptors (Lipinski definition) is 2. The molecule has 1 aliphatic heterocycles. The first-order valence-electron chi connectivity index (χ1n) is 5.87. The Balaban J connectivity index is 2.12. The average Bonchev–Trinajstić information content (AvgIpc) is 2.76. The predicted molar refractivity (Wildman–Crippen MR) is 61.9 cm³/mol. The van der Waals surface area contributed by atoms with Gasteiger partial charge in [0.1, 0.15) is 11.6 Å². The van der Waals surface area contributed by atoms with Crippen molar-refractivity contribution < 1.29 is 13.5 Å². The number of rotatable bonds is 3. The molecule has 2 rings (SSSR count). The summed E-state index contributed by atoms with van der Waals surface area (Å²) >= 11 is 0. The third-order valence-corrected chi connectivity index (χ3v) is 3.16. The first-order chi connectivity index (χ1) is 8.08. The smallest absolute Gasteiger partial charge is 0.128 e. The van der Waals surface area contributed by atoms with Gasteiger partial charge in [-0.3, -0.25) is 0 Å². The number of hydrogen-bond donors (Lipinski definition) is 1. The third kappa shape index (κ3) is 2.82. The molecule has 0 aromatic heterocycles. The highest BCUT2D eigenvalue weighted by Crippen LogP contribution is 2.22. The summed E-state index contributed by atoms with van der Waals surface area (Å²) in [6, 6.07) is 2.54. The molecule has 2 atom stereocenters. The van der Waals surface area contributed by atoms with Crippen LogP contribution in [0.5, 0.6) is 0 Å². The Hall–Kier alpha value is -1.00. The number of ether oxygens (including phenoxy) is 1. The third-order valence-electron chi connectivity index (χ3n) is 3.16. The minimum Gasteiger partial charge on any atom is -0.380 e. The summed E-state index contributed by atoms with van der Waals surface area (Å²) in [7, 11) is 0. The molecule has 0 amide bonds. The standard InChI is InChI=1S/C13H17F2NO/c1-8-5-13(15)11(6-12(8)14)9(2)16-10-3-4-17-7-10/h5-6,9-10,16H,3-4,7H2,1-2H3. The summed E-state index contributed by atoms with van der Waals surface area (Å²) in [6.07, 6.45) is 0.917. The van der Waals surface area contributed by atoms with Crippen LogP contribution in [0.1, 0.15) is 30.5 Å². The molecule has 94 valence electrons. The maximum atomic E-state index is 13.7. The van der Waals surface area contributed by atoms with Crippen LogP contribution in [0.4, 0.5) is 8.78 Å². The lowest BCUT2D eigenvalue weighted by Crippen LogP contribution is -2.32. The summed E-state index contributed by atoms with van der Waals surface area (Å²) in [5, 5.41) is 3.25. The van der Waals surface area contributed by atoms with Crippen molar-refractivity contribution in [2.24, 2.45) is 0 Å². The highest BCUT2D eigenvalue weighted by Gasteiger charge is 2.20. The molecule has 2 nitrogen and oxygen atoms in total. The van der Waals surface area contributed by atoms with Crippen molar-refractivity contribution in [2.45, 2.75) is 32.4 Å². The van der Waals surface area contributed by atoms with Gasteiger partial charge in [0, 0.05) is 24.3 Å². The molecule has 17 heavy (non-hydrogen) atoms. The monoisotopic (exact) mass is 241 g/mol. The van der Waals surface area contributed by atoms with Crippen LogP contribution in [0.2, 0.25) is 0 Å². The van der Waals surface area contributed by atoms with Crippen molar-refractivity contribution in [3.05, 3.63) is 34.9 Å². The Bertz CT molecular complexity index is 403. The van der Waals surface area contributed by atoms with Crippen LogP contribution in [-0.4, -0.2) is 19.3 Å². The molecule has 0 radical (unpaired) electrons. The Kier molecular flexibility index (Phi) is 3.74. The van der Waals surface area contributed by atoms with Crippen molar-refractivity contribution in [2.75, 3.05) is 13.2 Å². The zero-order chi connectivity index (χ0) is 12.4. The lowest BCUT2D eigenvalue weighted by Gasteiger charge is -2.19. The summed E-state index contributed by atoms with van der Waals surface area (Å²) in [6.45, 7) is 4.77. The second-order valence-electron chi connectivity index (χ2n) is 4.57. The van der Waals surface area contributed by atoms with E-state index >= 15 is 0 Å². The van der Waals surface area contributed by atoms with Gasteiger partial charge in [-0.1, -0.05) is 0 Å². The summed E-state index contributed by atoms with van der Waals surface area (Å²) in [5.41, 5.74) is 0.711. The van der Waals surface area contributed by atoms with Crippen molar-refractivity contribution in [3.63, 3.8) is 0 Å². The Morgan fingerprint density at radius 2 is 2.12 bits per heavy atom. The molecule has 1 N–H and O–H groups in total. The molecule has 1 heterocycles. The van der Waals surface area contributed by atoms with E-state index in [2.05, 4.69) is 5.32 Å². The zero-order valence-corrected chi connectivity index (χ0v) is 10.1. The van der Waals surface area contributed by atoms with Crippen LogP contribution in [0.3, 0.4) is 0 Å². The molecule has 4 heteroatoms. The normalized spacial score (nSPS) is 21.8. The van der Waals surface area contributed by atoms with Crippen molar-refractivity contribution >= 4 is 0 Å². The zero-order valence-electron chi connectivity index (χ0n) is 10.1. The summed E-state index contributed by atoms with van der Waals surface area (Å²) in [5.74, 6) is -0.722. The molecule has 1 aromatic carbocycles. The van der Waals surface area contributed by atoms with Gasteiger partial charge in [-0.15, -0.1) is 0 Å². The van der Waals surface area contributed by atoms with Crippen LogP contribution in [0.15, 0.2) is 12.1 Å². The highest BCUT2D eigenvalue weighted by molar-refractivity contribution is 5.27. The maximum absolute atomic E-state index is 13.7. The number of benzene rings is 1. The van der Waals surface area contributed by atoms with Crippen LogP contribution in [0.25, 0.3) is 0 Å². The molecule has 1 fully saturated rings. The van der Waals surface area contributed by atoms with E-state index in [0.29, 0.717) is 17.7 Å². The number of nitrogens with one attached hydrogen (secondary N) is 1. The lowest BCUT2D eigenvalue weighted by molar-refractivity contribution is 0.188. The van der Waals surface area contributed by atoms with E-state index in [9.17, 15) is 8.78 Å². The van der Waals surface area contributed by atoms with Crippen LogP contribution < -0.4 is 5.32 Å². The first-order valence-corrected chi connectivity index (χ1v) is 5.87. The molecular weight excluding hydrogens is 224 g/mol. The van der Waals surface area contributed by atoms with E-state index in [4.69, 9.17) is 4.74 Å². The van der Waals surface area contributed by atoms with E-state index in [-0.39, 0.29) is 23.7 Å². The van der Waals surface area contributed by atoms with Crippen LogP contribution >= 0.6 is 0 Å². The first kappa shape index (κ1) is 12.5. The minimum atomic E-state index is -0.363. The fourth-order valence-electron chi connectivity index (χ4n) is 2.10. The van der Waals surface area contributed by atoms with Gasteiger partial charge >= 0.3 is 0 Å². The fraction of sp³-hybridized carbons (Fsp3) is 0.538. The van der Waals surface area contributed by atoms with Gasteiger partial charge in [-0.25, -0.2) is 8.78 Å². The van der Waals surface area contributed by atoms with Crippen LogP contribution in [0, 0.1) is 18.6 Å². The molecule has 1 aromatic rings. The molecule has 0 spiro atoms.